The molecule has 0 saturated heterocycles. The number of hydrogen-bond donors (Lipinski definition) is 2. The van der Waals surface area contributed by atoms with Crippen LogP contribution in [-0.4, -0.2) is 28.9 Å². The number of rotatable bonds is 4. The van der Waals surface area contributed by atoms with Gasteiger partial charge in [-0.2, -0.15) is 0 Å². The van der Waals surface area contributed by atoms with Gasteiger partial charge in [0.1, 0.15) is 16.5 Å². The lowest BCUT2D eigenvalue weighted by molar-refractivity contribution is 0.0845. The van der Waals surface area contributed by atoms with Crippen LogP contribution in [0.25, 0.3) is 20.9 Å². The Morgan fingerprint density at radius 1 is 0.897 bits per heavy atom. The molecule has 29 heavy (non-hydrogen) atoms. The molecule has 2 N–H and O–H groups in total. The second-order valence-corrected chi connectivity index (χ2v) is 7.03. The molecule has 2 aromatic carbocycles. The van der Waals surface area contributed by atoms with Crippen molar-refractivity contribution < 1.29 is 14.3 Å². The van der Waals surface area contributed by atoms with E-state index in [0.29, 0.717) is 27.6 Å². The maximum absolute atomic E-state index is 12.7. The minimum atomic E-state index is -0.490. The van der Waals surface area contributed by atoms with E-state index in [4.69, 9.17) is 4.74 Å². The summed E-state index contributed by atoms with van der Waals surface area (Å²) in [5, 5.41) is 0.632. The molecular weight excluding hydrogens is 388 g/mol. The molecule has 0 bridgehead atoms. The average molecular weight is 404 g/mol. The summed E-state index contributed by atoms with van der Waals surface area (Å²) >= 11 is 1.45. The van der Waals surface area contributed by atoms with Crippen LogP contribution in [0.1, 0.15) is 20.7 Å². The first-order valence-electron chi connectivity index (χ1n) is 8.72. The third-order valence-corrected chi connectivity index (χ3v) is 5.23. The number of carbonyl (C=O) groups is 2. The zero-order valence-electron chi connectivity index (χ0n) is 15.4. The Labute approximate surface area is 170 Å². The van der Waals surface area contributed by atoms with Crippen molar-refractivity contribution in [2.75, 3.05) is 7.11 Å². The van der Waals surface area contributed by atoms with Crippen molar-refractivity contribution in [3.63, 3.8) is 0 Å². The molecule has 0 unspecified atom stereocenters. The normalized spacial score (nSPS) is 10.5. The highest BCUT2D eigenvalue weighted by Crippen LogP contribution is 2.30. The summed E-state index contributed by atoms with van der Waals surface area (Å²) in [5.41, 5.74) is 6.77. The van der Waals surface area contributed by atoms with Crippen LogP contribution in [0.5, 0.6) is 5.75 Å². The summed E-state index contributed by atoms with van der Waals surface area (Å²) in [7, 11) is 1.48. The standard InChI is InChI=1S/C21H16N4O3S/c1-28-16-10-4-2-7-13(16)19(26)24-25-20(27)14-8-6-12-22-18(14)21-23-15-9-3-5-11-17(15)29-21/h2-12H,1H3,(H,24,26)(H,25,27). The molecule has 2 aromatic heterocycles. The van der Waals surface area contributed by atoms with Crippen LogP contribution in [-0.2, 0) is 0 Å². The predicted octanol–water partition coefficient (Wildman–Crippen LogP) is 3.44. The molecule has 0 saturated carbocycles. The van der Waals surface area contributed by atoms with Crippen LogP contribution >= 0.6 is 11.3 Å². The Morgan fingerprint density at radius 2 is 1.59 bits per heavy atom. The molecule has 2 amide bonds. The molecule has 0 aliphatic heterocycles. The third kappa shape index (κ3) is 3.78. The van der Waals surface area contributed by atoms with Gasteiger partial charge in [0.25, 0.3) is 11.8 Å². The summed E-state index contributed by atoms with van der Waals surface area (Å²) in [6, 6.07) is 17.8. The van der Waals surface area contributed by atoms with Gasteiger partial charge in [0.2, 0.25) is 0 Å². The number of nitrogens with zero attached hydrogens (tertiary/aromatic N) is 2. The number of methoxy groups -OCH3 is 1. The molecule has 0 fully saturated rings. The lowest BCUT2D eigenvalue weighted by atomic mass is 10.2. The summed E-state index contributed by atoms with van der Waals surface area (Å²) in [6.45, 7) is 0. The molecule has 4 aromatic rings. The van der Waals surface area contributed by atoms with Gasteiger partial charge in [-0.3, -0.25) is 25.4 Å². The van der Waals surface area contributed by atoms with Crippen LogP contribution in [0, 0.1) is 0 Å². The average Bonchev–Trinajstić information content (AvgIpc) is 3.21. The van der Waals surface area contributed by atoms with Crippen molar-refractivity contribution in [3.8, 4) is 16.5 Å². The quantitative estimate of drug-likeness (QED) is 0.508. The molecule has 0 aliphatic rings. The molecule has 0 aliphatic carbocycles. The monoisotopic (exact) mass is 404 g/mol. The number of ether oxygens (including phenoxy) is 1. The van der Waals surface area contributed by atoms with Crippen LogP contribution in [0.4, 0.5) is 0 Å². The molecule has 2 heterocycles. The SMILES string of the molecule is COc1ccccc1C(=O)NNC(=O)c1cccnc1-c1nc2ccccc2s1. The number of hydrazine groups is 1. The number of pyridine rings is 1. The Balaban J connectivity index is 1.56. The summed E-state index contributed by atoms with van der Waals surface area (Å²) in [5.74, 6) is -0.562. The van der Waals surface area contributed by atoms with E-state index in [9.17, 15) is 9.59 Å². The minimum absolute atomic E-state index is 0.312. The fourth-order valence-corrected chi connectivity index (χ4v) is 3.79. The maximum Gasteiger partial charge on any atom is 0.273 e. The number of aromatic nitrogens is 2. The van der Waals surface area contributed by atoms with E-state index in [2.05, 4.69) is 20.8 Å². The third-order valence-electron chi connectivity index (χ3n) is 4.19. The maximum atomic E-state index is 12.7. The van der Waals surface area contributed by atoms with Gasteiger partial charge in [-0.05, 0) is 36.4 Å². The fraction of sp³-hybridized carbons (Fsp3) is 0.0476. The number of hydrogen-bond acceptors (Lipinski definition) is 6. The van der Waals surface area contributed by atoms with Gasteiger partial charge in [0, 0.05) is 6.20 Å². The van der Waals surface area contributed by atoms with E-state index in [-0.39, 0.29) is 0 Å². The molecule has 144 valence electrons. The second-order valence-electron chi connectivity index (χ2n) is 5.99. The van der Waals surface area contributed by atoms with Crippen molar-refractivity contribution >= 4 is 33.4 Å². The van der Waals surface area contributed by atoms with Gasteiger partial charge < -0.3 is 4.74 Å². The van der Waals surface area contributed by atoms with Crippen LogP contribution in [0.15, 0.2) is 66.9 Å². The van der Waals surface area contributed by atoms with Gasteiger partial charge in [0.05, 0.1) is 28.5 Å². The fourth-order valence-electron chi connectivity index (χ4n) is 2.81. The smallest absolute Gasteiger partial charge is 0.273 e. The Hall–Kier alpha value is -3.78. The molecule has 0 radical (unpaired) electrons. The van der Waals surface area contributed by atoms with E-state index >= 15 is 0 Å². The van der Waals surface area contributed by atoms with Crippen LogP contribution in [0.3, 0.4) is 0 Å². The molecule has 4 rings (SSSR count). The number of carbonyl (C=O) groups excluding carboxylic acids is 2. The lowest BCUT2D eigenvalue weighted by Gasteiger charge is -2.11. The van der Waals surface area contributed by atoms with Gasteiger partial charge >= 0.3 is 0 Å². The van der Waals surface area contributed by atoms with E-state index in [0.717, 1.165) is 10.2 Å². The first-order valence-corrected chi connectivity index (χ1v) is 9.53. The van der Waals surface area contributed by atoms with E-state index in [1.54, 1.807) is 42.6 Å². The number of benzene rings is 2. The van der Waals surface area contributed by atoms with Crippen LogP contribution < -0.4 is 15.6 Å². The number of thiazole rings is 1. The molecule has 8 heteroatoms. The predicted molar refractivity (Wildman–Crippen MR) is 111 cm³/mol. The van der Waals surface area contributed by atoms with Crippen molar-refractivity contribution in [3.05, 3.63) is 78.0 Å². The number of para-hydroxylation sites is 2. The Kier molecular flexibility index (Phi) is 5.17. The van der Waals surface area contributed by atoms with Gasteiger partial charge in [-0.25, -0.2) is 4.98 Å². The zero-order valence-corrected chi connectivity index (χ0v) is 16.2. The van der Waals surface area contributed by atoms with E-state index < -0.39 is 11.8 Å². The molecule has 7 nitrogen and oxygen atoms in total. The molecular formula is C21H16N4O3S. The summed E-state index contributed by atoms with van der Waals surface area (Å²) in [4.78, 5) is 34.0. The highest BCUT2D eigenvalue weighted by atomic mass is 32.1. The zero-order chi connectivity index (χ0) is 20.2. The second kappa shape index (κ2) is 8.07. The van der Waals surface area contributed by atoms with Gasteiger partial charge in [0.15, 0.2) is 0 Å². The number of fused-ring (bicyclic) bond motifs is 1. The largest absolute Gasteiger partial charge is 0.496 e. The molecule has 0 spiro atoms. The van der Waals surface area contributed by atoms with Crippen LogP contribution in [0.2, 0.25) is 0 Å². The van der Waals surface area contributed by atoms with E-state index in [1.807, 2.05) is 24.3 Å². The Bertz CT molecular complexity index is 1170. The first kappa shape index (κ1) is 18.6. The number of amides is 2. The highest BCUT2D eigenvalue weighted by molar-refractivity contribution is 7.21. The van der Waals surface area contributed by atoms with Gasteiger partial charge in [-0.1, -0.05) is 24.3 Å². The lowest BCUT2D eigenvalue weighted by Crippen LogP contribution is -2.42. The van der Waals surface area contributed by atoms with E-state index in [1.165, 1.54) is 18.4 Å². The van der Waals surface area contributed by atoms with Gasteiger partial charge in [-0.15, -0.1) is 11.3 Å². The Morgan fingerprint density at radius 3 is 2.38 bits per heavy atom. The highest BCUT2D eigenvalue weighted by Gasteiger charge is 2.18. The summed E-state index contributed by atoms with van der Waals surface area (Å²) < 4.78 is 6.18. The summed E-state index contributed by atoms with van der Waals surface area (Å²) in [6.07, 6.45) is 1.60. The van der Waals surface area contributed by atoms with Crippen molar-refractivity contribution in [2.45, 2.75) is 0 Å². The van der Waals surface area contributed by atoms with Crippen molar-refractivity contribution in [1.82, 2.24) is 20.8 Å². The number of nitrogens with one attached hydrogen (secondary N) is 2. The minimum Gasteiger partial charge on any atom is -0.496 e. The first-order chi connectivity index (χ1) is 14.2. The van der Waals surface area contributed by atoms with Crippen molar-refractivity contribution in [2.24, 2.45) is 0 Å². The topological polar surface area (TPSA) is 93.2 Å². The molecule has 0 atom stereocenters. The van der Waals surface area contributed by atoms with Crippen molar-refractivity contribution in [1.29, 1.82) is 0 Å².